The number of nitro benzene ring substituents is 1. The van der Waals surface area contributed by atoms with E-state index in [9.17, 15) is 19.7 Å². The Hall–Kier alpha value is -4.02. The van der Waals surface area contributed by atoms with Crippen LogP contribution >= 0.6 is 11.8 Å². The minimum Gasteiger partial charge on any atom is -0.336 e. The first kappa shape index (κ1) is 28.0. The summed E-state index contributed by atoms with van der Waals surface area (Å²) in [5.74, 6) is -0.116. The summed E-state index contributed by atoms with van der Waals surface area (Å²) in [6.45, 7) is 5.34. The minimum absolute atomic E-state index is 0.0138. The molecule has 3 aromatic rings. The van der Waals surface area contributed by atoms with E-state index in [0.29, 0.717) is 23.5 Å². The Labute approximate surface area is 232 Å². The van der Waals surface area contributed by atoms with E-state index in [1.54, 1.807) is 59.6 Å². The molecule has 0 bridgehead atoms. The third-order valence-electron chi connectivity index (χ3n) is 6.52. The molecule has 1 fully saturated rings. The molecule has 1 N–H and O–H groups in total. The zero-order valence-corrected chi connectivity index (χ0v) is 22.9. The molecule has 0 aliphatic carbocycles. The van der Waals surface area contributed by atoms with Crippen molar-refractivity contribution in [1.82, 2.24) is 15.2 Å². The van der Waals surface area contributed by atoms with Crippen LogP contribution in [0.15, 0.2) is 82.9 Å². The highest BCUT2D eigenvalue weighted by Crippen LogP contribution is 2.39. The summed E-state index contributed by atoms with van der Waals surface area (Å²) in [5.41, 5.74) is 2.39. The van der Waals surface area contributed by atoms with Crippen molar-refractivity contribution in [2.75, 3.05) is 31.6 Å². The molecule has 1 aromatic heterocycles. The number of anilines is 1. The molecule has 1 atom stereocenters. The lowest BCUT2D eigenvalue weighted by Crippen LogP contribution is -2.58. The van der Waals surface area contributed by atoms with Crippen LogP contribution in [0, 0.1) is 10.1 Å². The molecule has 10 heteroatoms. The van der Waals surface area contributed by atoms with Crippen LogP contribution in [0.3, 0.4) is 0 Å². The number of piperazine rings is 1. The molecule has 202 valence electrons. The van der Waals surface area contributed by atoms with Crippen LogP contribution < -0.4 is 10.2 Å². The van der Waals surface area contributed by atoms with Crippen molar-refractivity contribution in [3.05, 3.63) is 94.3 Å². The Morgan fingerprint density at radius 1 is 1.15 bits per heavy atom. The lowest BCUT2D eigenvalue weighted by molar-refractivity contribution is -0.387. The lowest BCUT2D eigenvalue weighted by Gasteiger charge is -2.34. The van der Waals surface area contributed by atoms with Gasteiger partial charge in [0.1, 0.15) is 6.04 Å². The van der Waals surface area contributed by atoms with Crippen molar-refractivity contribution in [2.45, 2.75) is 35.6 Å². The highest BCUT2D eigenvalue weighted by atomic mass is 32.2. The first-order valence-electron chi connectivity index (χ1n) is 12.7. The number of aromatic nitrogens is 1. The van der Waals surface area contributed by atoms with Gasteiger partial charge in [-0.25, -0.2) is 0 Å². The van der Waals surface area contributed by atoms with Crippen molar-refractivity contribution in [1.29, 1.82) is 0 Å². The molecule has 1 unspecified atom stereocenters. The fourth-order valence-corrected chi connectivity index (χ4v) is 5.53. The maximum Gasteiger partial charge on any atom is 0.283 e. The van der Waals surface area contributed by atoms with E-state index in [-0.39, 0.29) is 30.0 Å². The van der Waals surface area contributed by atoms with Crippen LogP contribution in [0.2, 0.25) is 0 Å². The zero-order chi connectivity index (χ0) is 27.9. The Morgan fingerprint density at radius 3 is 2.62 bits per heavy atom. The molecule has 2 heterocycles. The van der Waals surface area contributed by atoms with E-state index >= 15 is 0 Å². The van der Waals surface area contributed by atoms with Crippen molar-refractivity contribution < 1.29 is 14.5 Å². The summed E-state index contributed by atoms with van der Waals surface area (Å²) in [6.07, 6.45) is 6.22. The second-order valence-corrected chi connectivity index (χ2v) is 10.6. The van der Waals surface area contributed by atoms with E-state index in [0.717, 1.165) is 16.1 Å². The summed E-state index contributed by atoms with van der Waals surface area (Å²) in [4.78, 5) is 46.1. The number of carbonyl (C=O) groups excluding carboxylic acids is 2. The zero-order valence-electron chi connectivity index (χ0n) is 22.1. The largest absolute Gasteiger partial charge is 0.336 e. The van der Waals surface area contributed by atoms with E-state index < -0.39 is 11.0 Å². The number of hydrogen-bond acceptors (Lipinski definition) is 7. The lowest BCUT2D eigenvalue weighted by atomic mass is 10.0. The molecule has 2 amide bonds. The van der Waals surface area contributed by atoms with Crippen LogP contribution in [-0.4, -0.2) is 59.3 Å². The summed E-state index contributed by atoms with van der Waals surface area (Å²) in [5, 5.41) is 15.1. The van der Waals surface area contributed by atoms with Crippen molar-refractivity contribution >= 4 is 41.0 Å². The number of benzene rings is 2. The average molecular weight is 546 g/mol. The number of pyridine rings is 1. The van der Waals surface area contributed by atoms with Crippen molar-refractivity contribution in [2.24, 2.45) is 0 Å². The monoisotopic (exact) mass is 545 g/mol. The first-order valence-corrected chi connectivity index (χ1v) is 13.5. The molecule has 1 saturated heterocycles. The Bertz CT molecular complexity index is 1380. The van der Waals surface area contributed by atoms with Gasteiger partial charge in [0.2, 0.25) is 11.8 Å². The van der Waals surface area contributed by atoms with Gasteiger partial charge in [0.25, 0.3) is 5.69 Å². The van der Waals surface area contributed by atoms with Crippen LogP contribution in [-0.2, 0) is 9.59 Å². The molecule has 0 spiro atoms. The van der Waals surface area contributed by atoms with Gasteiger partial charge >= 0.3 is 0 Å². The third kappa shape index (κ3) is 6.90. The van der Waals surface area contributed by atoms with Crippen LogP contribution in [0.5, 0.6) is 0 Å². The molecule has 1 aliphatic rings. The average Bonchev–Trinajstić information content (AvgIpc) is 2.96. The van der Waals surface area contributed by atoms with Gasteiger partial charge in [0, 0.05) is 61.8 Å². The molecule has 0 radical (unpaired) electrons. The Balaban J connectivity index is 1.45. The minimum atomic E-state index is -0.541. The smallest absolute Gasteiger partial charge is 0.283 e. The number of amides is 2. The van der Waals surface area contributed by atoms with Gasteiger partial charge in [0.15, 0.2) is 0 Å². The number of nitro groups is 1. The number of rotatable bonds is 8. The first-order chi connectivity index (χ1) is 18.7. The van der Waals surface area contributed by atoms with Crippen molar-refractivity contribution in [3.8, 4) is 0 Å². The van der Waals surface area contributed by atoms with Gasteiger partial charge in [-0.1, -0.05) is 49.9 Å². The van der Waals surface area contributed by atoms with E-state index in [4.69, 9.17) is 0 Å². The van der Waals surface area contributed by atoms with E-state index in [2.05, 4.69) is 24.1 Å². The van der Waals surface area contributed by atoms with Gasteiger partial charge < -0.3 is 15.1 Å². The Morgan fingerprint density at radius 2 is 1.90 bits per heavy atom. The predicted molar refractivity (Wildman–Crippen MR) is 153 cm³/mol. The topological polar surface area (TPSA) is 109 Å². The maximum atomic E-state index is 13.0. The third-order valence-corrected chi connectivity index (χ3v) is 7.68. The highest BCUT2D eigenvalue weighted by Gasteiger charge is 2.29. The van der Waals surface area contributed by atoms with Gasteiger partial charge in [-0.05, 0) is 47.4 Å². The standard InChI is InChI=1S/C29H31N5O4S/c1-20(2)23-6-4-5-7-26(23)39-27-10-8-21(18-25(27)34(37)38)9-11-28(35)33-17-16-31-24(19-33)29(36)32(3)22-12-14-30-15-13-22/h4-15,18,20,24,31H,16-17,19H2,1-3H3. The fourth-order valence-electron chi connectivity index (χ4n) is 4.35. The fraction of sp³-hybridized carbons (Fsp3) is 0.276. The number of likely N-dealkylation sites (N-methyl/N-ethyl adjacent to an activating group) is 1. The summed E-state index contributed by atoms with van der Waals surface area (Å²) >= 11 is 1.37. The number of nitrogens with one attached hydrogen (secondary N) is 1. The predicted octanol–water partition coefficient (Wildman–Crippen LogP) is 4.74. The normalized spacial score (nSPS) is 15.5. The number of nitrogens with zero attached hydrogens (tertiary/aromatic N) is 4. The van der Waals surface area contributed by atoms with Gasteiger partial charge in [-0.15, -0.1) is 0 Å². The molecular weight excluding hydrogens is 514 g/mol. The van der Waals surface area contributed by atoms with Gasteiger partial charge in [0.05, 0.1) is 9.82 Å². The summed E-state index contributed by atoms with van der Waals surface area (Å²) < 4.78 is 0. The van der Waals surface area contributed by atoms with E-state index in [1.807, 2.05) is 24.3 Å². The molecule has 39 heavy (non-hydrogen) atoms. The van der Waals surface area contributed by atoms with Crippen LogP contribution in [0.25, 0.3) is 6.08 Å². The number of carbonyl (C=O) groups is 2. The molecule has 2 aromatic carbocycles. The maximum absolute atomic E-state index is 13.0. The second-order valence-electron chi connectivity index (χ2n) is 9.51. The molecular formula is C29H31N5O4S. The Kier molecular flexibility index (Phi) is 9.11. The van der Waals surface area contributed by atoms with Gasteiger partial charge in [-0.3, -0.25) is 24.7 Å². The van der Waals surface area contributed by atoms with Crippen LogP contribution in [0.4, 0.5) is 11.4 Å². The molecule has 4 rings (SSSR count). The molecule has 9 nitrogen and oxygen atoms in total. The van der Waals surface area contributed by atoms with Crippen molar-refractivity contribution in [3.63, 3.8) is 0 Å². The highest BCUT2D eigenvalue weighted by molar-refractivity contribution is 7.99. The SMILES string of the molecule is CC(C)c1ccccc1Sc1ccc(C=CC(=O)N2CCNC(C(=O)N(C)c3ccncc3)C2)cc1[N+](=O)[O-]. The van der Waals surface area contributed by atoms with Crippen LogP contribution in [0.1, 0.15) is 30.9 Å². The summed E-state index contributed by atoms with van der Waals surface area (Å²) in [7, 11) is 1.69. The second kappa shape index (κ2) is 12.7. The van der Waals surface area contributed by atoms with E-state index in [1.165, 1.54) is 23.9 Å². The summed E-state index contributed by atoms with van der Waals surface area (Å²) in [6, 6.07) is 15.8. The van der Waals surface area contributed by atoms with Gasteiger partial charge in [-0.2, -0.15) is 0 Å². The molecule has 0 saturated carbocycles. The number of hydrogen-bond donors (Lipinski definition) is 1. The molecule has 1 aliphatic heterocycles. The quantitative estimate of drug-likeness (QED) is 0.247.